The molecule has 1 aromatic carbocycles. The van der Waals surface area contributed by atoms with Crippen molar-refractivity contribution >= 4 is 23.4 Å². The summed E-state index contributed by atoms with van der Waals surface area (Å²) >= 11 is 0. The third kappa shape index (κ3) is 3.88. The second-order valence-electron chi connectivity index (χ2n) is 6.56. The van der Waals surface area contributed by atoms with Gasteiger partial charge in [0.05, 0.1) is 36.7 Å². The zero-order valence-corrected chi connectivity index (χ0v) is 14.4. The lowest BCUT2D eigenvalue weighted by Crippen LogP contribution is -2.47. The van der Waals surface area contributed by atoms with Crippen LogP contribution in [0.25, 0.3) is 0 Å². The van der Waals surface area contributed by atoms with Crippen LogP contribution in [0.3, 0.4) is 0 Å². The van der Waals surface area contributed by atoms with Gasteiger partial charge < -0.3 is 25.2 Å². The number of nitrogens with zero attached hydrogens (tertiary/aromatic N) is 2. The second-order valence-corrected chi connectivity index (χ2v) is 6.56. The Morgan fingerprint density at radius 3 is 2.77 bits per heavy atom. The standard InChI is InChI=1S/C17H22FN3O5/c1-10(22)19-7-12-8-21(17(25)26-12)11-2-3-14(13(18)6-11)20-5-4-15(23)16(24)9-20/h2-3,6,12,15-16,23-24H,4-5,7-9H2,1H3,(H,19,22). The molecule has 3 N–H and O–H groups in total. The molecule has 0 aromatic heterocycles. The molecule has 3 rings (SSSR count). The van der Waals surface area contributed by atoms with Gasteiger partial charge in [0, 0.05) is 20.0 Å². The monoisotopic (exact) mass is 367 g/mol. The lowest BCUT2D eigenvalue weighted by Gasteiger charge is -2.35. The number of nitrogens with one attached hydrogen (secondary N) is 1. The summed E-state index contributed by atoms with van der Waals surface area (Å²) in [6.45, 7) is 2.36. The quantitative estimate of drug-likeness (QED) is 0.704. The Morgan fingerprint density at radius 1 is 1.35 bits per heavy atom. The molecule has 2 aliphatic heterocycles. The zero-order chi connectivity index (χ0) is 18.8. The van der Waals surface area contributed by atoms with E-state index in [1.54, 1.807) is 17.0 Å². The molecule has 0 aliphatic carbocycles. The molecule has 0 bridgehead atoms. The molecule has 1 aromatic rings. The SMILES string of the molecule is CC(=O)NCC1CN(c2ccc(N3CCC(O)C(O)C3)c(F)c2)C(=O)O1. The Balaban J connectivity index is 1.69. The van der Waals surface area contributed by atoms with Crippen LogP contribution in [0.1, 0.15) is 13.3 Å². The fourth-order valence-electron chi connectivity index (χ4n) is 3.15. The molecule has 2 fully saturated rings. The smallest absolute Gasteiger partial charge is 0.414 e. The van der Waals surface area contributed by atoms with E-state index >= 15 is 0 Å². The number of benzene rings is 1. The third-order valence-corrected chi connectivity index (χ3v) is 4.58. The van der Waals surface area contributed by atoms with Crippen LogP contribution in [0.2, 0.25) is 0 Å². The molecule has 2 heterocycles. The van der Waals surface area contributed by atoms with Gasteiger partial charge in [0.1, 0.15) is 11.9 Å². The van der Waals surface area contributed by atoms with Gasteiger partial charge in [-0.05, 0) is 24.6 Å². The van der Waals surface area contributed by atoms with Gasteiger partial charge in [0.2, 0.25) is 5.91 Å². The van der Waals surface area contributed by atoms with Crippen LogP contribution in [0.15, 0.2) is 18.2 Å². The van der Waals surface area contributed by atoms with Crippen molar-refractivity contribution in [1.29, 1.82) is 0 Å². The highest BCUT2D eigenvalue weighted by Crippen LogP contribution is 2.29. The first kappa shape index (κ1) is 18.4. The van der Waals surface area contributed by atoms with E-state index in [0.29, 0.717) is 24.3 Å². The van der Waals surface area contributed by atoms with Crippen molar-refractivity contribution in [2.45, 2.75) is 31.7 Å². The molecule has 3 atom stereocenters. The first-order valence-corrected chi connectivity index (χ1v) is 8.48. The highest BCUT2D eigenvalue weighted by Gasteiger charge is 2.33. The molecule has 2 aliphatic rings. The molecular formula is C17H22FN3O5. The molecule has 0 saturated carbocycles. The zero-order valence-electron chi connectivity index (χ0n) is 14.4. The number of aliphatic hydroxyl groups is 2. The van der Waals surface area contributed by atoms with Gasteiger partial charge in [-0.3, -0.25) is 9.69 Å². The Hall–Kier alpha value is -2.39. The summed E-state index contributed by atoms with van der Waals surface area (Å²) in [5.41, 5.74) is 0.668. The molecule has 9 heteroatoms. The van der Waals surface area contributed by atoms with Crippen LogP contribution in [0, 0.1) is 5.82 Å². The number of carbonyl (C=O) groups is 2. The molecule has 0 spiro atoms. The van der Waals surface area contributed by atoms with E-state index in [-0.39, 0.29) is 25.5 Å². The number of anilines is 2. The van der Waals surface area contributed by atoms with Crippen LogP contribution in [-0.4, -0.2) is 66.7 Å². The average Bonchev–Trinajstić information content (AvgIpc) is 2.96. The minimum atomic E-state index is -0.925. The average molecular weight is 367 g/mol. The molecule has 2 amide bonds. The fraction of sp³-hybridized carbons (Fsp3) is 0.529. The largest absolute Gasteiger partial charge is 0.442 e. The summed E-state index contributed by atoms with van der Waals surface area (Å²) in [6, 6.07) is 4.40. The normalized spacial score (nSPS) is 26.0. The number of β-amino-alcohol motifs (C(OH)–C–C–N with tert-alkyl or cyclic N) is 1. The van der Waals surface area contributed by atoms with Crippen molar-refractivity contribution in [2.75, 3.05) is 36.0 Å². The van der Waals surface area contributed by atoms with Crippen molar-refractivity contribution in [2.24, 2.45) is 0 Å². The Morgan fingerprint density at radius 2 is 2.12 bits per heavy atom. The number of rotatable bonds is 4. The van der Waals surface area contributed by atoms with Crippen molar-refractivity contribution in [3.05, 3.63) is 24.0 Å². The number of piperidine rings is 1. The van der Waals surface area contributed by atoms with Crippen LogP contribution < -0.4 is 15.1 Å². The molecule has 3 unspecified atom stereocenters. The Bertz CT molecular complexity index is 701. The molecule has 26 heavy (non-hydrogen) atoms. The van der Waals surface area contributed by atoms with Gasteiger partial charge in [0.25, 0.3) is 0 Å². The van der Waals surface area contributed by atoms with E-state index in [2.05, 4.69) is 5.32 Å². The van der Waals surface area contributed by atoms with E-state index < -0.39 is 30.2 Å². The number of hydrogen-bond donors (Lipinski definition) is 3. The van der Waals surface area contributed by atoms with Gasteiger partial charge in [-0.1, -0.05) is 0 Å². The lowest BCUT2D eigenvalue weighted by atomic mass is 10.0. The third-order valence-electron chi connectivity index (χ3n) is 4.58. The van der Waals surface area contributed by atoms with E-state index in [4.69, 9.17) is 4.74 Å². The summed E-state index contributed by atoms with van der Waals surface area (Å²) in [5, 5.41) is 21.9. The van der Waals surface area contributed by atoms with Gasteiger partial charge in [-0.2, -0.15) is 0 Å². The van der Waals surface area contributed by atoms with Gasteiger partial charge >= 0.3 is 6.09 Å². The van der Waals surface area contributed by atoms with E-state index in [1.165, 1.54) is 17.9 Å². The number of ether oxygens (including phenoxy) is 1. The highest BCUT2D eigenvalue weighted by atomic mass is 19.1. The fourth-order valence-corrected chi connectivity index (χ4v) is 3.15. The second kappa shape index (κ2) is 7.46. The first-order chi connectivity index (χ1) is 12.3. The predicted octanol–water partition coefficient (Wildman–Crippen LogP) is 0.219. The van der Waals surface area contributed by atoms with E-state index in [1.807, 2.05) is 0 Å². The van der Waals surface area contributed by atoms with E-state index in [0.717, 1.165) is 0 Å². The van der Waals surface area contributed by atoms with Crippen LogP contribution in [-0.2, 0) is 9.53 Å². The van der Waals surface area contributed by atoms with Crippen LogP contribution in [0.4, 0.5) is 20.6 Å². The minimum Gasteiger partial charge on any atom is -0.442 e. The maximum atomic E-state index is 14.6. The number of halogens is 1. The lowest BCUT2D eigenvalue weighted by molar-refractivity contribution is -0.119. The summed E-state index contributed by atoms with van der Waals surface area (Å²) in [6.07, 6.45) is -2.46. The topological polar surface area (TPSA) is 102 Å². The van der Waals surface area contributed by atoms with Crippen LogP contribution in [0.5, 0.6) is 0 Å². The molecule has 8 nitrogen and oxygen atoms in total. The van der Waals surface area contributed by atoms with Gasteiger partial charge in [-0.25, -0.2) is 9.18 Å². The first-order valence-electron chi connectivity index (χ1n) is 8.48. The minimum absolute atomic E-state index is 0.141. The molecule has 0 radical (unpaired) electrons. The summed E-state index contributed by atoms with van der Waals surface area (Å²) in [5.74, 6) is -0.743. The van der Waals surface area contributed by atoms with Crippen molar-refractivity contribution < 1.29 is 28.9 Å². The Kier molecular flexibility index (Phi) is 5.28. The van der Waals surface area contributed by atoms with Crippen molar-refractivity contribution in [3.8, 4) is 0 Å². The number of carbonyl (C=O) groups excluding carboxylic acids is 2. The van der Waals surface area contributed by atoms with Crippen molar-refractivity contribution in [1.82, 2.24) is 5.32 Å². The maximum Gasteiger partial charge on any atom is 0.414 e. The van der Waals surface area contributed by atoms with Gasteiger partial charge in [0.15, 0.2) is 0 Å². The summed E-state index contributed by atoms with van der Waals surface area (Å²) in [4.78, 5) is 25.9. The number of amides is 2. The molecule has 2 saturated heterocycles. The van der Waals surface area contributed by atoms with Crippen molar-refractivity contribution in [3.63, 3.8) is 0 Å². The number of aliphatic hydroxyl groups excluding tert-OH is 2. The molecule has 142 valence electrons. The highest BCUT2D eigenvalue weighted by molar-refractivity contribution is 5.90. The molecular weight excluding hydrogens is 345 g/mol. The predicted molar refractivity (Wildman–Crippen MR) is 91.5 cm³/mol. The number of hydrogen-bond acceptors (Lipinski definition) is 6. The van der Waals surface area contributed by atoms with Gasteiger partial charge in [-0.15, -0.1) is 0 Å². The summed E-state index contributed by atoms with van der Waals surface area (Å²) in [7, 11) is 0. The van der Waals surface area contributed by atoms with E-state index in [9.17, 15) is 24.2 Å². The maximum absolute atomic E-state index is 14.6. The van der Waals surface area contributed by atoms with Crippen LogP contribution >= 0.6 is 0 Å². The summed E-state index contributed by atoms with van der Waals surface area (Å²) < 4.78 is 19.7. The number of cyclic esters (lactones) is 1. The Labute approximate surface area is 150 Å².